The van der Waals surface area contributed by atoms with Crippen LogP contribution in [0.2, 0.25) is 0 Å². The second-order valence-corrected chi connectivity index (χ2v) is 6.01. The first-order valence-electron chi connectivity index (χ1n) is 6.33. The standard InChI is InChI=1S/C13H18N2O5S/c1-3-20-12(16)8-9-14-13(17)10-4-6-11(7-5-10)15-21(2,18)19/h4-7,15H,3,8-9H2,1-2H3,(H,14,17). The number of hydrogen-bond acceptors (Lipinski definition) is 5. The fourth-order valence-electron chi connectivity index (χ4n) is 1.52. The maximum atomic E-state index is 11.8. The summed E-state index contributed by atoms with van der Waals surface area (Å²) in [6.45, 7) is 2.20. The predicted molar refractivity (Wildman–Crippen MR) is 78.5 cm³/mol. The number of ether oxygens (including phenoxy) is 1. The largest absolute Gasteiger partial charge is 0.466 e. The summed E-state index contributed by atoms with van der Waals surface area (Å²) in [6, 6.07) is 5.96. The summed E-state index contributed by atoms with van der Waals surface area (Å²) < 4.78 is 29.1. The van der Waals surface area contributed by atoms with Gasteiger partial charge in [-0.25, -0.2) is 8.42 Å². The van der Waals surface area contributed by atoms with Crippen molar-refractivity contribution in [2.24, 2.45) is 0 Å². The van der Waals surface area contributed by atoms with Gasteiger partial charge in [0.25, 0.3) is 5.91 Å². The molecule has 0 atom stereocenters. The number of hydrogen-bond donors (Lipinski definition) is 2. The van der Waals surface area contributed by atoms with E-state index in [1.54, 1.807) is 6.92 Å². The number of esters is 1. The Kier molecular flexibility index (Phi) is 6.16. The Bertz CT molecular complexity index is 595. The summed E-state index contributed by atoms with van der Waals surface area (Å²) in [5, 5.41) is 2.58. The van der Waals surface area contributed by atoms with E-state index in [0.717, 1.165) is 6.26 Å². The highest BCUT2D eigenvalue weighted by atomic mass is 32.2. The summed E-state index contributed by atoms with van der Waals surface area (Å²) in [5.41, 5.74) is 0.749. The van der Waals surface area contributed by atoms with Gasteiger partial charge in [-0.2, -0.15) is 0 Å². The van der Waals surface area contributed by atoms with Crippen LogP contribution < -0.4 is 10.0 Å². The molecule has 0 aliphatic rings. The SMILES string of the molecule is CCOC(=O)CCNC(=O)c1ccc(NS(C)(=O)=O)cc1. The van der Waals surface area contributed by atoms with E-state index in [9.17, 15) is 18.0 Å². The molecule has 0 aliphatic heterocycles. The van der Waals surface area contributed by atoms with E-state index < -0.39 is 10.0 Å². The van der Waals surface area contributed by atoms with Gasteiger partial charge in [0.05, 0.1) is 19.3 Å². The zero-order valence-electron chi connectivity index (χ0n) is 11.9. The number of sulfonamides is 1. The number of nitrogens with one attached hydrogen (secondary N) is 2. The van der Waals surface area contributed by atoms with Gasteiger partial charge in [0.1, 0.15) is 0 Å². The van der Waals surface area contributed by atoms with Gasteiger partial charge in [-0.1, -0.05) is 0 Å². The van der Waals surface area contributed by atoms with E-state index in [4.69, 9.17) is 4.74 Å². The molecule has 2 N–H and O–H groups in total. The third-order valence-electron chi connectivity index (χ3n) is 2.37. The van der Waals surface area contributed by atoms with Crippen LogP contribution >= 0.6 is 0 Å². The van der Waals surface area contributed by atoms with Crippen LogP contribution in [0.4, 0.5) is 5.69 Å². The normalized spacial score (nSPS) is 10.8. The molecule has 116 valence electrons. The van der Waals surface area contributed by atoms with Gasteiger partial charge in [-0.05, 0) is 31.2 Å². The van der Waals surface area contributed by atoms with Crippen molar-refractivity contribution in [3.05, 3.63) is 29.8 Å². The van der Waals surface area contributed by atoms with E-state index in [1.807, 2.05) is 0 Å². The van der Waals surface area contributed by atoms with Crippen LogP contribution in [-0.2, 0) is 19.6 Å². The van der Waals surface area contributed by atoms with Gasteiger partial charge in [-0.3, -0.25) is 14.3 Å². The van der Waals surface area contributed by atoms with Crippen LogP contribution in [0.5, 0.6) is 0 Å². The molecule has 0 radical (unpaired) electrons. The molecule has 0 heterocycles. The number of amides is 1. The molecule has 21 heavy (non-hydrogen) atoms. The van der Waals surface area contributed by atoms with Gasteiger partial charge in [0.2, 0.25) is 10.0 Å². The van der Waals surface area contributed by atoms with E-state index >= 15 is 0 Å². The van der Waals surface area contributed by atoms with Crippen LogP contribution in [-0.4, -0.2) is 39.7 Å². The molecule has 0 bridgehead atoms. The van der Waals surface area contributed by atoms with E-state index in [-0.39, 0.29) is 24.8 Å². The smallest absolute Gasteiger partial charge is 0.307 e. The van der Waals surface area contributed by atoms with Gasteiger partial charge in [0.15, 0.2) is 0 Å². The van der Waals surface area contributed by atoms with Crippen LogP contribution in [0.25, 0.3) is 0 Å². The predicted octanol–water partition coefficient (Wildman–Crippen LogP) is 0.741. The molecule has 7 nitrogen and oxygen atoms in total. The first-order valence-corrected chi connectivity index (χ1v) is 8.22. The lowest BCUT2D eigenvalue weighted by Gasteiger charge is -2.07. The Morgan fingerprint density at radius 2 is 1.81 bits per heavy atom. The zero-order valence-corrected chi connectivity index (χ0v) is 12.7. The summed E-state index contributed by atoms with van der Waals surface area (Å²) in [4.78, 5) is 22.9. The third-order valence-corrected chi connectivity index (χ3v) is 2.98. The molecule has 1 aromatic carbocycles. The monoisotopic (exact) mass is 314 g/mol. The topological polar surface area (TPSA) is 102 Å². The Balaban J connectivity index is 2.50. The molecule has 0 fully saturated rings. The number of rotatable bonds is 7. The minimum atomic E-state index is -3.34. The lowest BCUT2D eigenvalue weighted by atomic mass is 10.2. The molecule has 1 rings (SSSR count). The lowest BCUT2D eigenvalue weighted by molar-refractivity contribution is -0.142. The minimum absolute atomic E-state index is 0.104. The first kappa shape index (κ1) is 17.0. The van der Waals surface area contributed by atoms with E-state index in [1.165, 1.54) is 24.3 Å². The molecule has 8 heteroatoms. The Labute approximate surface area is 123 Å². The molecule has 0 aromatic heterocycles. The number of carbonyl (C=O) groups is 2. The summed E-state index contributed by atoms with van der Waals surface area (Å²) in [7, 11) is -3.34. The van der Waals surface area contributed by atoms with Crippen molar-refractivity contribution in [2.45, 2.75) is 13.3 Å². The number of anilines is 1. The molecule has 0 saturated carbocycles. The van der Waals surface area contributed by atoms with Crippen molar-refractivity contribution >= 4 is 27.6 Å². The highest BCUT2D eigenvalue weighted by Gasteiger charge is 2.08. The van der Waals surface area contributed by atoms with Gasteiger partial charge in [0, 0.05) is 17.8 Å². The summed E-state index contributed by atoms with van der Waals surface area (Å²) in [6.07, 6.45) is 1.15. The molecule has 0 spiro atoms. The van der Waals surface area contributed by atoms with Crippen molar-refractivity contribution in [3.63, 3.8) is 0 Å². The van der Waals surface area contributed by atoms with Gasteiger partial charge < -0.3 is 10.1 Å². The Hall–Kier alpha value is -2.09. The van der Waals surface area contributed by atoms with Gasteiger partial charge in [-0.15, -0.1) is 0 Å². The quantitative estimate of drug-likeness (QED) is 0.723. The minimum Gasteiger partial charge on any atom is -0.466 e. The highest BCUT2D eigenvalue weighted by Crippen LogP contribution is 2.10. The Morgan fingerprint density at radius 3 is 2.33 bits per heavy atom. The second kappa shape index (κ2) is 7.63. The summed E-state index contributed by atoms with van der Waals surface area (Å²) in [5.74, 6) is -0.712. The fourth-order valence-corrected chi connectivity index (χ4v) is 2.08. The van der Waals surface area contributed by atoms with E-state index in [2.05, 4.69) is 10.0 Å². The van der Waals surface area contributed by atoms with Crippen molar-refractivity contribution in [3.8, 4) is 0 Å². The van der Waals surface area contributed by atoms with Crippen LogP contribution in [0, 0.1) is 0 Å². The zero-order chi connectivity index (χ0) is 15.9. The van der Waals surface area contributed by atoms with Gasteiger partial charge >= 0.3 is 5.97 Å². The number of carbonyl (C=O) groups excluding carboxylic acids is 2. The van der Waals surface area contributed by atoms with Crippen LogP contribution in [0.1, 0.15) is 23.7 Å². The molecule has 1 amide bonds. The van der Waals surface area contributed by atoms with Crippen molar-refractivity contribution in [1.29, 1.82) is 0 Å². The van der Waals surface area contributed by atoms with Crippen molar-refractivity contribution in [2.75, 3.05) is 24.1 Å². The van der Waals surface area contributed by atoms with Crippen LogP contribution in [0.15, 0.2) is 24.3 Å². The Morgan fingerprint density at radius 1 is 1.19 bits per heavy atom. The average Bonchev–Trinajstić information content (AvgIpc) is 2.38. The van der Waals surface area contributed by atoms with E-state index in [0.29, 0.717) is 17.9 Å². The van der Waals surface area contributed by atoms with Crippen LogP contribution in [0.3, 0.4) is 0 Å². The summed E-state index contributed by atoms with van der Waals surface area (Å²) >= 11 is 0. The maximum absolute atomic E-state index is 11.8. The third kappa shape index (κ3) is 6.75. The lowest BCUT2D eigenvalue weighted by Crippen LogP contribution is -2.26. The number of benzene rings is 1. The van der Waals surface area contributed by atoms with Crippen molar-refractivity contribution in [1.82, 2.24) is 5.32 Å². The fraction of sp³-hybridized carbons (Fsp3) is 0.385. The first-order chi connectivity index (χ1) is 9.81. The molecule has 1 aromatic rings. The highest BCUT2D eigenvalue weighted by molar-refractivity contribution is 7.92. The molecule has 0 unspecified atom stereocenters. The second-order valence-electron chi connectivity index (χ2n) is 4.26. The van der Waals surface area contributed by atoms with Crippen molar-refractivity contribution < 1.29 is 22.7 Å². The molecular weight excluding hydrogens is 296 g/mol. The molecular formula is C13H18N2O5S. The molecule has 0 saturated heterocycles. The maximum Gasteiger partial charge on any atom is 0.307 e. The average molecular weight is 314 g/mol. The molecule has 0 aliphatic carbocycles.